The number of piperidine rings is 1. The summed E-state index contributed by atoms with van der Waals surface area (Å²) in [4.78, 5) is 2.56. The van der Waals surface area contributed by atoms with Crippen LogP contribution in [0.1, 0.15) is 39.0 Å². The summed E-state index contributed by atoms with van der Waals surface area (Å²) in [7, 11) is 0. The maximum atomic E-state index is 5.97. The van der Waals surface area contributed by atoms with Gasteiger partial charge in [-0.05, 0) is 58.7 Å². The lowest BCUT2D eigenvalue weighted by molar-refractivity contribution is 0.00909. The Morgan fingerprint density at radius 2 is 2.06 bits per heavy atom. The molecule has 94 valence electrons. The molecule has 1 N–H and O–H groups in total. The molecule has 2 saturated heterocycles. The second kappa shape index (κ2) is 6.58. The number of nitrogens with one attached hydrogen (secondary N) is 1. The molecule has 0 aromatic carbocycles. The number of ether oxygens (including phenoxy) is 1. The number of hydrogen-bond acceptors (Lipinski definition) is 3. The lowest BCUT2D eigenvalue weighted by Gasteiger charge is -2.30. The van der Waals surface area contributed by atoms with Crippen molar-refractivity contribution in [3.63, 3.8) is 0 Å². The van der Waals surface area contributed by atoms with Gasteiger partial charge in [0.2, 0.25) is 0 Å². The van der Waals surface area contributed by atoms with Gasteiger partial charge in [-0.1, -0.05) is 0 Å². The van der Waals surface area contributed by atoms with E-state index in [9.17, 15) is 0 Å². The van der Waals surface area contributed by atoms with Gasteiger partial charge in [-0.15, -0.1) is 0 Å². The summed E-state index contributed by atoms with van der Waals surface area (Å²) in [6, 6.07) is 0.542. The Morgan fingerprint density at radius 3 is 2.81 bits per heavy atom. The van der Waals surface area contributed by atoms with Crippen molar-refractivity contribution in [3.05, 3.63) is 0 Å². The zero-order valence-corrected chi connectivity index (χ0v) is 10.6. The number of rotatable bonds is 5. The van der Waals surface area contributed by atoms with E-state index >= 15 is 0 Å². The van der Waals surface area contributed by atoms with E-state index in [-0.39, 0.29) is 0 Å². The van der Waals surface area contributed by atoms with Crippen molar-refractivity contribution in [1.82, 2.24) is 10.2 Å². The van der Waals surface area contributed by atoms with Crippen molar-refractivity contribution in [2.75, 3.05) is 32.8 Å². The molecule has 0 aliphatic carbocycles. The second-order valence-electron chi connectivity index (χ2n) is 5.20. The molecule has 2 rings (SSSR count). The minimum absolute atomic E-state index is 0.451. The van der Waals surface area contributed by atoms with Gasteiger partial charge in [0.15, 0.2) is 0 Å². The van der Waals surface area contributed by atoms with E-state index < -0.39 is 0 Å². The molecule has 3 nitrogen and oxygen atoms in total. The second-order valence-corrected chi connectivity index (χ2v) is 5.20. The van der Waals surface area contributed by atoms with Crippen LogP contribution in [-0.2, 0) is 4.74 Å². The van der Waals surface area contributed by atoms with Gasteiger partial charge < -0.3 is 15.0 Å². The standard InChI is InChI=1S/C13H26N2O/c1-12-13(6-4-7-14-12)16-11-5-10-15-8-2-3-9-15/h12-14H,2-11H2,1H3. The lowest BCUT2D eigenvalue weighted by Crippen LogP contribution is -2.44. The molecule has 2 aliphatic rings. The van der Waals surface area contributed by atoms with Crippen LogP contribution in [0.4, 0.5) is 0 Å². The Kier molecular flexibility index (Phi) is 5.07. The highest BCUT2D eigenvalue weighted by molar-refractivity contribution is 4.78. The summed E-state index contributed by atoms with van der Waals surface area (Å²) < 4.78 is 5.97. The predicted molar refractivity (Wildman–Crippen MR) is 66.7 cm³/mol. The minimum Gasteiger partial charge on any atom is -0.377 e. The molecule has 3 heteroatoms. The van der Waals surface area contributed by atoms with Crippen molar-refractivity contribution in [3.8, 4) is 0 Å². The summed E-state index contributed by atoms with van der Waals surface area (Å²) in [5.41, 5.74) is 0. The minimum atomic E-state index is 0.451. The molecule has 0 aromatic rings. The highest BCUT2D eigenvalue weighted by Crippen LogP contribution is 2.13. The lowest BCUT2D eigenvalue weighted by atomic mass is 10.0. The van der Waals surface area contributed by atoms with E-state index in [1.807, 2.05) is 0 Å². The first-order chi connectivity index (χ1) is 7.86. The van der Waals surface area contributed by atoms with Crippen LogP contribution in [-0.4, -0.2) is 49.8 Å². The fourth-order valence-electron chi connectivity index (χ4n) is 2.77. The van der Waals surface area contributed by atoms with E-state index in [2.05, 4.69) is 17.1 Å². The highest BCUT2D eigenvalue weighted by Gasteiger charge is 2.21. The number of hydrogen-bond donors (Lipinski definition) is 1. The van der Waals surface area contributed by atoms with Crippen LogP contribution in [0.25, 0.3) is 0 Å². The molecular weight excluding hydrogens is 200 g/mol. The summed E-state index contributed by atoms with van der Waals surface area (Å²) >= 11 is 0. The Labute approximate surface area is 99.5 Å². The molecule has 0 aromatic heterocycles. The SMILES string of the molecule is CC1NCCCC1OCCCN1CCCC1. The molecule has 0 saturated carbocycles. The average molecular weight is 226 g/mol. The highest BCUT2D eigenvalue weighted by atomic mass is 16.5. The zero-order chi connectivity index (χ0) is 11.2. The Bertz CT molecular complexity index is 192. The van der Waals surface area contributed by atoms with Gasteiger partial charge in [0.25, 0.3) is 0 Å². The predicted octanol–water partition coefficient (Wildman–Crippen LogP) is 1.63. The topological polar surface area (TPSA) is 24.5 Å². The summed E-state index contributed by atoms with van der Waals surface area (Å²) in [6.07, 6.45) is 6.93. The van der Waals surface area contributed by atoms with Gasteiger partial charge in [-0.3, -0.25) is 0 Å². The van der Waals surface area contributed by atoms with Crippen LogP contribution in [0, 0.1) is 0 Å². The zero-order valence-electron chi connectivity index (χ0n) is 10.6. The Hall–Kier alpha value is -0.120. The van der Waals surface area contributed by atoms with Gasteiger partial charge in [0, 0.05) is 19.2 Å². The summed E-state index contributed by atoms with van der Waals surface area (Å²) in [6.45, 7) is 8.18. The van der Waals surface area contributed by atoms with Crippen LogP contribution in [0.5, 0.6) is 0 Å². The third-order valence-electron chi connectivity index (χ3n) is 3.84. The van der Waals surface area contributed by atoms with Crippen molar-refractivity contribution in [2.45, 2.75) is 51.2 Å². The first-order valence-corrected chi connectivity index (χ1v) is 6.93. The molecule has 2 atom stereocenters. The van der Waals surface area contributed by atoms with E-state index in [4.69, 9.17) is 4.74 Å². The fourth-order valence-corrected chi connectivity index (χ4v) is 2.77. The molecule has 0 amide bonds. The first kappa shape index (κ1) is 12.3. The molecular formula is C13H26N2O. The molecule has 0 spiro atoms. The summed E-state index contributed by atoms with van der Waals surface area (Å²) in [5.74, 6) is 0. The van der Waals surface area contributed by atoms with E-state index in [1.165, 1.54) is 51.7 Å². The molecule has 2 fully saturated rings. The van der Waals surface area contributed by atoms with Crippen LogP contribution in [0.3, 0.4) is 0 Å². The van der Waals surface area contributed by atoms with E-state index in [1.54, 1.807) is 0 Å². The fraction of sp³-hybridized carbons (Fsp3) is 1.00. The third-order valence-corrected chi connectivity index (χ3v) is 3.84. The largest absolute Gasteiger partial charge is 0.377 e. The van der Waals surface area contributed by atoms with Crippen LogP contribution < -0.4 is 5.32 Å². The molecule has 2 unspecified atom stereocenters. The molecule has 0 bridgehead atoms. The van der Waals surface area contributed by atoms with Gasteiger partial charge >= 0.3 is 0 Å². The van der Waals surface area contributed by atoms with Crippen molar-refractivity contribution < 1.29 is 4.74 Å². The van der Waals surface area contributed by atoms with Crippen LogP contribution in [0.2, 0.25) is 0 Å². The smallest absolute Gasteiger partial charge is 0.0725 e. The van der Waals surface area contributed by atoms with Crippen molar-refractivity contribution in [2.24, 2.45) is 0 Å². The third kappa shape index (κ3) is 3.72. The maximum absolute atomic E-state index is 5.97. The van der Waals surface area contributed by atoms with Crippen molar-refractivity contribution >= 4 is 0 Å². The average Bonchev–Trinajstić information content (AvgIpc) is 2.79. The van der Waals surface area contributed by atoms with Gasteiger partial charge in [-0.2, -0.15) is 0 Å². The molecule has 2 heterocycles. The van der Waals surface area contributed by atoms with Crippen LogP contribution in [0.15, 0.2) is 0 Å². The first-order valence-electron chi connectivity index (χ1n) is 6.93. The van der Waals surface area contributed by atoms with Gasteiger partial charge in [-0.25, -0.2) is 0 Å². The Balaban J connectivity index is 1.53. The Morgan fingerprint density at radius 1 is 1.25 bits per heavy atom. The number of nitrogens with zero attached hydrogens (tertiary/aromatic N) is 1. The van der Waals surface area contributed by atoms with Crippen molar-refractivity contribution in [1.29, 1.82) is 0 Å². The maximum Gasteiger partial charge on any atom is 0.0725 e. The molecule has 16 heavy (non-hydrogen) atoms. The molecule has 2 aliphatic heterocycles. The summed E-state index contributed by atoms with van der Waals surface area (Å²) in [5, 5.41) is 3.48. The monoisotopic (exact) mass is 226 g/mol. The van der Waals surface area contributed by atoms with Gasteiger partial charge in [0.05, 0.1) is 6.10 Å². The van der Waals surface area contributed by atoms with Crippen LogP contribution >= 0.6 is 0 Å². The number of likely N-dealkylation sites (tertiary alicyclic amines) is 1. The van der Waals surface area contributed by atoms with Gasteiger partial charge in [0.1, 0.15) is 0 Å². The van der Waals surface area contributed by atoms with E-state index in [0.29, 0.717) is 12.1 Å². The normalized spacial score (nSPS) is 32.1. The molecule has 0 radical (unpaired) electrons. The quantitative estimate of drug-likeness (QED) is 0.721. The van der Waals surface area contributed by atoms with E-state index in [0.717, 1.165) is 13.2 Å².